The van der Waals surface area contributed by atoms with Gasteiger partial charge in [0.05, 0.1) is 5.39 Å². The van der Waals surface area contributed by atoms with Gasteiger partial charge in [-0.1, -0.05) is 33.8 Å². The Kier molecular flexibility index (Phi) is 5.29. The zero-order valence-corrected chi connectivity index (χ0v) is 17.0. The maximum absolute atomic E-state index is 13.5. The number of carbonyl (C=O) groups is 1. The Hall–Kier alpha value is -1.99. The molecular weight excluding hydrogens is 366 g/mol. The Morgan fingerprint density at radius 1 is 1.35 bits per heavy atom. The highest BCUT2D eigenvalue weighted by molar-refractivity contribution is 7.20. The molecule has 3 aromatic heterocycles. The van der Waals surface area contributed by atoms with E-state index in [9.17, 15) is 9.59 Å². The van der Waals surface area contributed by atoms with Crippen LogP contribution in [0.1, 0.15) is 56.8 Å². The predicted octanol–water partition coefficient (Wildman–Crippen LogP) is 4.31. The van der Waals surface area contributed by atoms with Crippen molar-refractivity contribution >= 4 is 38.8 Å². The monoisotopic (exact) mass is 389 g/mol. The number of hydrogen-bond acceptors (Lipinski definition) is 5. The van der Waals surface area contributed by atoms with E-state index in [1.165, 1.54) is 4.57 Å². The van der Waals surface area contributed by atoms with Gasteiger partial charge in [-0.3, -0.25) is 14.2 Å². The van der Waals surface area contributed by atoms with Gasteiger partial charge < -0.3 is 5.73 Å². The van der Waals surface area contributed by atoms with E-state index in [1.54, 1.807) is 22.7 Å². The van der Waals surface area contributed by atoms with Crippen molar-refractivity contribution in [2.75, 3.05) is 0 Å². The lowest BCUT2D eigenvalue weighted by Gasteiger charge is -2.21. The van der Waals surface area contributed by atoms with Gasteiger partial charge in [0.25, 0.3) is 5.56 Å². The summed E-state index contributed by atoms with van der Waals surface area (Å²) in [5.41, 5.74) is 6.40. The van der Waals surface area contributed by atoms with E-state index in [-0.39, 0.29) is 11.5 Å². The van der Waals surface area contributed by atoms with Gasteiger partial charge in [-0.2, -0.15) is 0 Å². The maximum atomic E-state index is 13.5. The number of carbonyl (C=O) groups excluding carboxylic acids is 1. The molecule has 0 fully saturated rings. The summed E-state index contributed by atoms with van der Waals surface area (Å²) < 4.78 is 1.53. The molecule has 1 amide bonds. The lowest BCUT2D eigenvalue weighted by molar-refractivity contribution is -0.121. The largest absolute Gasteiger partial charge is 0.368 e. The lowest BCUT2D eigenvalue weighted by atomic mass is 10.1. The van der Waals surface area contributed by atoms with E-state index in [4.69, 9.17) is 10.7 Å². The third-order valence-electron chi connectivity index (χ3n) is 4.49. The minimum atomic E-state index is -0.682. The lowest BCUT2D eigenvalue weighted by Crippen LogP contribution is -2.36. The van der Waals surface area contributed by atoms with E-state index < -0.39 is 11.9 Å². The molecule has 138 valence electrons. The van der Waals surface area contributed by atoms with E-state index in [0.29, 0.717) is 17.6 Å². The highest BCUT2D eigenvalue weighted by atomic mass is 32.1. The van der Waals surface area contributed by atoms with Crippen molar-refractivity contribution in [2.45, 2.75) is 52.5 Å². The van der Waals surface area contributed by atoms with Gasteiger partial charge in [0.1, 0.15) is 16.7 Å². The topological polar surface area (TPSA) is 78.0 Å². The standard InChI is InChI=1S/C19H23N3O2S2/c1-5-11(16(20)23)22-17(10(3)4)21-18-15(19(22)24)14(12(6-2)26-18)13-8-7-9-25-13/h7-11H,5-6H2,1-4H3,(H2,20,23). The first kappa shape index (κ1) is 18.8. The molecule has 0 spiro atoms. The molecule has 0 aliphatic heterocycles. The molecule has 3 aromatic rings. The molecule has 0 aliphatic carbocycles. The van der Waals surface area contributed by atoms with Crippen LogP contribution in [0, 0.1) is 0 Å². The highest BCUT2D eigenvalue weighted by Crippen LogP contribution is 2.39. The summed E-state index contributed by atoms with van der Waals surface area (Å²) >= 11 is 3.18. The number of primary amides is 1. The van der Waals surface area contributed by atoms with Crippen molar-refractivity contribution in [3.8, 4) is 10.4 Å². The van der Waals surface area contributed by atoms with Crippen LogP contribution in [-0.2, 0) is 11.2 Å². The minimum absolute atomic E-state index is 0.0119. The first-order valence-corrected chi connectivity index (χ1v) is 10.5. The molecule has 7 heteroatoms. The fourth-order valence-electron chi connectivity index (χ4n) is 3.27. The normalized spacial score (nSPS) is 12.8. The Labute approximate surface area is 160 Å². The number of hydrogen-bond donors (Lipinski definition) is 1. The maximum Gasteiger partial charge on any atom is 0.263 e. The molecule has 0 aliphatic rings. The number of aromatic nitrogens is 2. The zero-order chi connectivity index (χ0) is 19.0. The molecule has 26 heavy (non-hydrogen) atoms. The van der Waals surface area contributed by atoms with Crippen LogP contribution in [-0.4, -0.2) is 15.5 Å². The van der Waals surface area contributed by atoms with Gasteiger partial charge in [-0.15, -0.1) is 22.7 Å². The number of fused-ring (bicyclic) bond motifs is 1. The number of nitrogens with two attached hydrogens (primary N) is 1. The van der Waals surface area contributed by atoms with Crippen molar-refractivity contribution < 1.29 is 4.79 Å². The van der Waals surface area contributed by atoms with Gasteiger partial charge in [-0.25, -0.2) is 4.98 Å². The second-order valence-electron chi connectivity index (χ2n) is 6.54. The molecular formula is C19H23N3O2S2. The summed E-state index contributed by atoms with van der Waals surface area (Å²) in [5.74, 6) is 0.133. The quantitative estimate of drug-likeness (QED) is 0.682. The van der Waals surface area contributed by atoms with Crippen LogP contribution in [0.15, 0.2) is 22.3 Å². The molecule has 0 aromatic carbocycles. The number of rotatable bonds is 6. The molecule has 1 atom stereocenters. The van der Waals surface area contributed by atoms with Gasteiger partial charge in [0.2, 0.25) is 5.91 Å². The van der Waals surface area contributed by atoms with Crippen LogP contribution >= 0.6 is 22.7 Å². The Bertz CT molecular complexity index is 1000. The first-order chi connectivity index (χ1) is 12.4. The Morgan fingerprint density at radius 3 is 2.58 bits per heavy atom. The van der Waals surface area contributed by atoms with Crippen molar-refractivity contribution in [2.24, 2.45) is 5.73 Å². The zero-order valence-electron chi connectivity index (χ0n) is 15.4. The minimum Gasteiger partial charge on any atom is -0.368 e. The van der Waals surface area contributed by atoms with Gasteiger partial charge in [-0.05, 0) is 24.3 Å². The predicted molar refractivity (Wildman–Crippen MR) is 109 cm³/mol. The van der Waals surface area contributed by atoms with Crippen LogP contribution in [0.3, 0.4) is 0 Å². The smallest absolute Gasteiger partial charge is 0.263 e. The summed E-state index contributed by atoms with van der Waals surface area (Å²) in [5, 5.41) is 2.61. The third kappa shape index (κ3) is 2.99. The summed E-state index contributed by atoms with van der Waals surface area (Å²) in [6.07, 6.45) is 1.29. The number of aryl methyl sites for hydroxylation is 1. The van der Waals surface area contributed by atoms with Crippen LogP contribution in [0.25, 0.3) is 20.7 Å². The highest BCUT2D eigenvalue weighted by Gasteiger charge is 2.27. The average molecular weight is 390 g/mol. The van der Waals surface area contributed by atoms with Crippen molar-refractivity contribution in [3.63, 3.8) is 0 Å². The Balaban J connectivity index is 2.46. The molecule has 0 saturated carbocycles. The van der Waals surface area contributed by atoms with E-state index in [1.807, 2.05) is 38.3 Å². The van der Waals surface area contributed by atoms with Crippen molar-refractivity contribution in [1.29, 1.82) is 0 Å². The molecule has 0 saturated heterocycles. The molecule has 1 unspecified atom stereocenters. The van der Waals surface area contributed by atoms with Gasteiger partial charge in [0, 0.05) is 21.2 Å². The molecule has 3 heterocycles. The molecule has 0 bridgehead atoms. The van der Waals surface area contributed by atoms with E-state index in [0.717, 1.165) is 26.6 Å². The second kappa shape index (κ2) is 7.32. The van der Waals surface area contributed by atoms with Crippen LogP contribution in [0.4, 0.5) is 0 Å². The Morgan fingerprint density at radius 2 is 2.08 bits per heavy atom. The summed E-state index contributed by atoms with van der Waals surface area (Å²) in [6.45, 7) is 7.90. The second-order valence-corrected chi connectivity index (χ2v) is 8.57. The van der Waals surface area contributed by atoms with E-state index >= 15 is 0 Å². The van der Waals surface area contributed by atoms with Crippen molar-refractivity contribution in [1.82, 2.24) is 9.55 Å². The van der Waals surface area contributed by atoms with E-state index in [2.05, 4.69) is 6.92 Å². The first-order valence-electron chi connectivity index (χ1n) is 8.81. The summed E-state index contributed by atoms with van der Waals surface area (Å²) in [4.78, 5) is 33.3. The third-order valence-corrected chi connectivity index (χ3v) is 6.61. The SMILES string of the molecule is CCc1sc2nc(C(C)C)n(C(CC)C(N)=O)c(=O)c2c1-c1cccs1. The number of thiophene rings is 2. The molecule has 2 N–H and O–H groups in total. The fraction of sp³-hybridized carbons (Fsp3) is 0.421. The van der Waals surface area contributed by atoms with Gasteiger partial charge >= 0.3 is 0 Å². The molecule has 3 rings (SSSR count). The van der Waals surface area contributed by atoms with Crippen LogP contribution < -0.4 is 11.3 Å². The fourth-order valence-corrected chi connectivity index (χ4v) is 5.27. The summed E-state index contributed by atoms with van der Waals surface area (Å²) in [6, 6.07) is 3.32. The molecule has 0 radical (unpaired) electrons. The average Bonchev–Trinajstić information content (AvgIpc) is 3.23. The van der Waals surface area contributed by atoms with Crippen molar-refractivity contribution in [3.05, 3.63) is 38.6 Å². The van der Waals surface area contributed by atoms with Crippen LogP contribution in [0.5, 0.6) is 0 Å². The molecule has 5 nitrogen and oxygen atoms in total. The summed E-state index contributed by atoms with van der Waals surface area (Å²) in [7, 11) is 0. The number of amides is 1. The van der Waals surface area contributed by atoms with Gasteiger partial charge in [0.15, 0.2) is 0 Å². The van der Waals surface area contributed by atoms with Crippen LogP contribution in [0.2, 0.25) is 0 Å². The number of nitrogens with zero attached hydrogens (tertiary/aromatic N) is 2.